The molecule has 4 nitrogen and oxygen atoms in total. The van der Waals surface area contributed by atoms with E-state index in [4.69, 9.17) is 0 Å². The number of fused-ring (bicyclic) bond motifs is 2. The minimum Gasteiger partial charge on any atom is -0.322 e. The molecular formula is C25H18N2O2. The van der Waals surface area contributed by atoms with Crippen molar-refractivity contribution in [3.8, 4) is 0 Å². The van der Waals surface area contributed by atoms with Crippen LogP contribution < -0.4 is 10.2 Å². The molecule has 4 heteroatoms. The van der Waals surface area contributed by atoms with Gasteiger partial charge in [0.05, 0.1) is 6.54 Å². The van der Waals surface area contributed by atoms with Gasteiger partial charge in [-0.25, -0.2) is 0 Å². The third kappa shape index (κ3) is 3.05. The number of anilines is 2. The van der Waals surface area contributed by atoms with Crippen molar-refractivity contribution < 1.29 is 9.59 Å². The number of nitrogens with zero attached hydrogens (tertiary/aromatic N) is 1. The van der Waals surface area contributed by atoms with Crippen molar-refractivity contribution in [1.82, 2.24) is 0 Å². The number of hydrogen-bond acceptors (Lipinski definition) is 2. The second-order valence-corrected chi connectivity index (χ2v) is 7.08. The molecule has 1 aliphatic rings. The quantitative estimate of drug-likeness (QED) is 0.529. The molecule has 2 amide bonds. The molecule has 1 N–H and O–H groups in total. The molecule has 0 aromatic heterocycles. The zero-order valence-electron chi connectivity index (χ0n) is 15.6. The van der Waals surface area contributed by atoms with Crippen LogP contribution in [0.15, 0.2) is 91.0 Å². The number of carbonyl (C=O) groups is 2. The average Bonchev–Trinajstić information content (AvgIpc) is 3.10. The summed E-state index contributed by atoms with van der Waals surface area (Å²) in [4.78, 5) is 27.2. The predicted molar refractivity (Wildman–Crippen MR) is 115 cm³/mol. The molecule has 0 bridgehead atoms. The van der Waals surface area contributed by atoms with Crippen molar-refractivity contribution in [2.24, 2.45) is 0 Å². The van der Waals surface area contributed by atoms with E-state index in [1.54, 1.807) is 4.90 Å². The van der Waals surface area contributed by atoms with E-state index < -0.39 is 0 Å². The second kappa shape index (κ2) is 6.91. The predicted octanol–water partition coefficient (Wildman–Crippen LogP) is 5.25. The molecule has 1 heterocycles. The van der Waals surface area contributed by atoms with Crippen molar-refractivity contribution in [1.29, 1.82) is 0 Å². The lowest BCUT2D eigenvalue weighted by atomic mass is 10.0. The molecule has 0 saturated heterocycles. The molecule has 0 fully saturated rings. The minimum atomic E-state index is -0.154. The first kappa shape index (κ1) is 17.2. The Labute approximate surface area is 168 Å². The number of carbonyl (C=O) groups excluding carboxylic acids is 2. The van der Waals surface area contributed by atoms with E-state index in [9.17, 15) is 9.59 Å². The van der Waals surface area contributed by atoms with Gasteiger partial charge in [-0.2, -0.15) is 0 Å². The first-order valence-corrected chi connectivity index (χ1v) is 9.50. The van der Waals surface area contributed by atoms with Crippen LogP contribution in [0.25, 0.3) is 10.8 Å². The van der Waals surface area contributed by atoms with Gasteiger partial charge < -0.3 is 10.2 Å². The van der Waals surface area contributed by atoms with Gasteiger partial charge in [0.1, 0.15) is 0 Å². The maximum absolute atomic E-state index is 12.8. The smallest absolute Gasteiger partial charge is 0.258 e. The number of rotatable bonds is 3. The van der Waals surface area contributed by atoms with E-state index in [1.807, 2.05) is 91.0 Å². The summed E-state index contributed by atoms with van der Waals surface area (Å²) in [6, 6.07) is 28.6. The third-order valence-corrected chi connectivity index (χ3v) is 5.29. The first-order chi connectivity index (χ1) is 14.2. The Morgan fingerprint density at radius 2 is 1.52 bits per heavy atom. The summed E-state index contributed by atoms with van der Waals surface area (Å²) in [6.45, 7) is 0.566. The molecule has 0 spiro atoms. The van der Waals surface area contributed by atoms with Crippen molar-refractivity contribution in [3.05, 3.63) is 108 Å². The maximum Gasteiger partial charge on any atom is 0.258 e. The second-order valence-electron chi connectivity index (χ2n) is 7.08. The summed E-state index contributed by atoms with van der Waals surface area (Å²) in [5.74, 6) is -0.146. The van der Waals surface area contributed by atoms with Gasteiger partial charge >= 0.3 is 0 Å². The maximum atomic E-state index is 12.8. The molecular weight excluding hydrogens is 360 g/mol. The Bertz CT molecular complexity index is 1240. The highest BCUT2D eigenvalue weighted by molar-refractivity contribution is 6.13. The molecule has 140 valence electrons. The Morgan fingerprint density at radius 3 is 2.34 bits per heavy atom. The Balaban J connectivity index is 1.36. The SMILES string of the molecule is O=C(Nc1ccc(N2Cc3ccccc3C2=O)cc1)c1cccc2ccccc12. The summed E-state index contributed by atoms with van der Waals surface area (Å²) < 4.78 is 0. The fourth-order valence-corrected chi connectivity index (χ4v) is 3.81. The molecule has 0 saturated carbocycles. The molecule has 0 radical (unpaired) electrons. The van der Waals surface area contributed by atoms with Crippen molar-refractivity contribution >= 4 is 34.0 Å². The van der Waals surface area contributed by atoms with Crippen LogP contribution in [0.5, 0.6) is 0 Å². The van der Waals surface area contributed by atoms with Gasteiger partial charge in [0, 0.05) is 22.5 Å². The third-order valence-electron chi connectivity index (χ3n) is 5.29. The largest absolute Gasteiger partial charge is 0.322 e. The normalized spacial score (nSPS) is 12.8. The lowest BCUT2D eigenvalue weighted by Gasteiger charge is -2.16. The van der Waals surface area contributed by atoms with Crippen LogP contribution in [0.2, 0.25) is 0 Å². The Kier molecular flexibility index (Phi) is 4.10. The van der Waals surface area contributed by atoms with Crippen LogP contribution >= 0.6 is 0 Å². The molecule has 0 atom stereocenters. The highest BCUT2D eigenvalue weighted by Crippen LogP contribution is 2.29. The van der Waals surface area contributed by atoms with Gasteiger partial charge in [-0.1, -0.05) is 54.6 Å². The van der Waals surface area contributed by atoms with Crippen LogP contribution in [-0.2, 0) is 6.54 Å². The van der Waals surface area contributed by atoms with Gasteiger partial charge in [-0.05, 0) is 52.7 Å². The monoisotopic (exact) mass is 378 g/mol. The summed E-state index contributed by atoms with van der Waals surface area (Å²) in [5, 5.41) is 4.91. The molecule has 4 aromatic rings. The molecule has 1 aliphatic heterocycles. The van der Waals surface area contributed by atoms with Crippen LogP contribution in [0.3, 0.4) is 0 Å². The zero-order valence-corrected chi connectivity index (χ0v) is 15.6. The average molecular weight is 378 g/mol. The van der Waals surface area contributed by atoms with Gasteiger partial charge in [-0.3, -0.25) is 9.59 Å². The van der Waals surface area contributed by atoms with E-state index >= 15 is 0 Å². The minimum absolute atomic E-state index is 0.00754. The lowest BCUT2D eigenvalue weighted by Crippen LogP contribution is -2.22. The van der Waals surface area contributed by atoms with Gasteiger partial charge in [-0.15, -0.1) is 0 Å². The first-order valence-electron chi connectivity index (χ1n) is 9.50. The van der Waals surface area contributed by atoms with Gasteiger partial charge in [0.15, 0.2) is 0 Å². The number of amides is 2. The van der Waals surface area contributed by atoms with Crippen LogP contribution in [0.4, 0.5) is 11.4 Å². The van der Waals surface area contributed by atoms with Crippen molar-refractivity contribution in [2.45, 2.75) is 6.54 Å². The molecule has 0 aliphatic carbocycles. The molecule has 29 heavy (non-hydrogen) atoms. The number of nitrogens with one attached hydrogen (secondary N) is 1. The van der Waals surface area contributed by atoms with Gasteiger partial charge in [0.2, 0.25) is 0 Å². The Morgan fingerprint density at radius 1 is 0.793 bits per heavy atom. The fraction of sp³-hybridized carbons (Fsp3) is 0.0400. The van der Waals surface area contributed by atoms with E-state index in [0.717, 1.165) is 27.6 Å². The topological polar surface area (TPSA) is 49.4 Å². The van der Waals surface area contributed by atoms with E-state index in [0.29, 0.717) is 17.8 Å². The van der Waals surface area contributed by atoms with E-state index in [-0.39, 0.29) is 11.8 Å². The van der Waals surface area contributed by atoms with Crippen LogP contribution in [0.1, 0.15) is 26.3 Å². The zero-order chi connectivity index (χ0) is 19.8. The lowest BCUT2D eigenvalue weighted by molar-refractivity contribution is 0.0994. The summed E-state index contributed by atoms with van der Waals surface area (Å²) in [5.41, 5.74) is 3.93. The summed E-state index contributed by atoms with van der Waals surface area (Å²) in [6.07, 6.45) is 0. The van der Waals surface area contributed by atoms with Crippen LogP contribution in [0, 0.1) is 0 Å². The standard InChI is InChI=1S/C25H18N2O2/c28-24(23-11-5-8-17-6-1-3-9-21(17)23)26-19-12-14-20(15-13-19)27-16-18-7-2-4-10-22(18)25(27)29/h1-15H,16H2,(H,26,28). The summed E-state index contributed by atoms with van der Waals surface area (Å²) >= 11 is 0. The van der Waals surface area contributed by atoms with Crippen LogP contribution in [-0.4, -0.2) is 11.8 Å². The number of hydrogen-bond donors (Lipinski definition) is 1. The molecule has 0 unspecified atom stereocenters. The highest BCUT2D eigenvalue weighted by atomic mass is 16.2. The molecule has 4 aromatic carbocycles. The van der Waals surface area contributed by atoms with Gasteiger partial charge in [0.25, 0.3) is 11.8 Å². The fourth-order valence-electron chi connectivity index (χ4n) is 3.81. The van der Waals surface area contributed by atoms with Crippen molar-refractivity contribution in [2.75, 3.05) is 10.2 Å². The van der Waals surface area contributed by atoms with E-state index in [1.165, 1.54) is 0 Å². The molecule has 5 rings (SSSR count). The highest BCUT2D eigenvalue weighted by Gasteiger charge is 2.27. The van der Waals surface area contributed by atoms with Crippen molar-refractivity contribution in [3.63, 3.8) is 0 Å². The number of benzene rings is 4. The Hall–Kier alpha value is -3.92. The summed E-state index contributed by atoms with van der Waals surface area (Å²) in [7, 11) is 0. The van der Waals surface area contributed by atoms with E-state index in [2.05, 4.69) is 5.32 Å².